The maximum absolute atomic E-state index is 12.4. The topological polar surface area (TPSA) is 61.0 Å². The highest BCUT2D eigenvalue weighted by atomic mass is 19.4. The second-order valence-corrected chi connectivity index (χ2v) is 5.01. The van der Waals surface area contributed by atoms with Gasteiger partial charge in [0, 0.05) is 11.5 Å². The fourth-order valence-corrected chi connectivity index (χ4v) is 1.09. The Morgan fingerprint density at radius 2 is 1.78 bits per heavy atom. The molecular formula is C11H16F3N3O. The molecule has 7 heteroatoms. The largest absolute Gasteiger partial charge is 0.465 e. The van der Waals surface area contributed by atoms with Crippen LogP contribution in [-0.4, -0.2) is 22.2 Å². The summed E-state index contributed by atoms with van der Waals surface area (Å²) < 4.78 is 41.8. The molecule has 0 spiro atoms. The zero-order chi connectivity index (χ0) is 14.1. The van der Waals surface area contributed by atoms with E-state index in [4.69, 9.17) is 10.5 Å². The zero-order valence-electron chi connectivity index (χ0n) is 10.7. The van der Waals surface area contributed by atoms with Crippen LogP contribution < -0.4 is 10.5 Å². The van der Waals surface area contributed by atoms with Gasteiger partial charge in [0.15, 0.2) is 6.10 Å². The fourth-order valence-electron chi connectivity index (χ4n) is 1.09. The molecule has 102 valence electrons. The molecule has 18 heavy (non-hydrogen) atoms. The highest BCUT2D eigenvalue weighted by Crippen LogP contribution is 2.26. The predicted octanol–water partition coefficient (Wildman–Crippen LogP) is 2.69. The molecule has 0 saturated heterocycles. The molecule has 0 saturated carbocycles. The summed E-state index contributed by atoms with van der Waals surface area (Å²) in [4.78, 5) is 7.92. The molecule has 1 aromatic heterocycles. The summed E-state index contributed by atoms with van der Waals surface area (Å²) in [6, 6.07) is 1.18. The van der Waals surface area contributed by atoms with E-state index < -0.39 is 17.7 Å². The van der Waals surface area contributed by atoms with Crippen molar-refractivity contribution in [3.05, 3.63) is 11.9 Å². The summed E-state index contributed by atoms with van der Waals surface area (Å²) in [5, 5.41) is 0. The second-order valence-electron chi connectivity index (χ2n) is 5.01. The number of nitrogen functional groups attached to an aromatic ring is 1. The summed E-state index contributed by atoms with van der Waals surface area (Å²) >= 11 is 0. The van der Waals surface area contributed by atoms with Gasteiger partial charge < -0.3 is 10.5 Å². The smallest absolute Gasteiger partial charge is 0.425 e. The zero-order valence-corrected chi connectivity index (χ0v) is 10.7. The van der Waals surface area contributed by atoms with Gasteiger partial charge in [-0.3, -0.25) is 0 Å². The van der Waals surface area contributed by atoms with Crippen molar-refractivity contribution in [2.24, 2.45) is 0 Å². The predicted molar refractivity (Wildman–Crippen MR) is 61.3 cm³/mol. The molecule has 0 aliphatic carbocycles. The number of hydrogen-bond acceptors (Lipinski definition) is 4. The number of anilines is 1. The van der Waals surface area contributed by atoms with Crippen LogP contribution in [-0.2, 0) is 5.41 Å². The third-order valence-electron chi connectivity index (χ3n) is 2.15. The Kier molecular flexibility index (Phi) is 3.73. The molecule has 1 unspecified atom stereocenters. The first kappa shape index (κ1) is 14.5. The Morgan fingerprint density at radius 1 is 1.22 bits per heavy atom. The lowest BCUT2D eigenvalue weighted by atomic mass is 9.96. The number of alkyl halides is 3. The van der Waals surface area contributed by atoms with Gasteiger partial charge in [-0.05, 0) is 6.92 Å². The summed E-state index contributed by atoms with van der Waals surface area (Å²) in [7, 11) is 0. The van der Waals surface area contributed by atoms with E-state index in [1.807, 2.05) is 20.8 Å². The van der Waals surface area contributed by atoms with Crippen LogP contribution in [0.1, 0.15) is 33.5 Å². The highest BCUT2D eigenvalue weighted by Gasteiger charge is 2.38. The number of rotatable bonds is 2. The van der Waals surface area contributed by atoms with E-state index in [1.165, 1.54) is 6.07 Å². The second kappa shape index (κ2) is 4.62. The Morgan fingerprint density at radius 3 is 2.22 bits per heavy atom. The Bertz CT molecular complexity index is 427. The van der Waals surface area contributed by atoms with Crippen molar-refractivity contribution in [3.63, 3.8) is 0 Å². The van der Waals surface area contributed by atoms with Crippen LogP contribution in [0.25, 0.3) is 0 Å². The number of halogens is 3. The van der Waals surface area contributed by atoms with Gasteiger partial charge in [-0.15, -0.1) is 0 Å². The fraction of sp³-hybridized carbons (Fsp3) is 0.636. The van der Waals surface area contributed by atoms with Crippen LogP contribution in [0.2, 0.25) is 0 Å². The first-order chi connectivity index (χ1) is 8.00. The Balaban J connectivity index is 3.01. The Hall–Kier alpha value is -1.53. The number of hydrogen-bond donors (Lipinski definition) is 1. The van der Waals surface area contributed by atoms with Crippen molar-refractivity contribution in [2.45, 2.75) is 45.4 Å². The lowest BCUT2D eigenvalue weighted by Crippen LogP contribution is -2.31. The number of aromatic nitrogens is 2. The highest BCUT2D eigenvalue weighted by molar-refractivity contribution is 5.34. The average molecular weight is 263 g/mol. The molecule has 1 aromatic rings. The minimum absolute atomic E-state index is 0.0827. The molecule has 0 radical (unpaired) electrons. The Labute approximate surface area is 103 Å². The molecule has 1 rings (SSSR count). The first-order valence-corrected chi connectivity index (χ1v) is 5.38. The van der Waals surface area contributed by atoms with Gasteiger partial charge in [0.05, 0.1) is 0 Å². The van der Waals surface area contributed by atoms with Crippen molar-refractivity contribution in [1.29, 1.82) is 0 Å². The van der Waals surface area contributed by atoms with E-state index in [0.717, 1.165) is 6.92 Å². The average Bonchev–Trinajstić information content (AvgIpc) is 2.13. The monoisotopic (exact) mass is 263 g/mol. The normalized spacial score (nSPS) is 14.4. The van der Waals surface area contributed by atoms with Crippen molar-refractivity contribution in [3.8, 4) is 5.88 Å². The first-order valence-electron chi connectivity index (χ1n) is 5.38. The molecule has 1 atom stereocenters. The van der Waals surface area contributed by atoms with E-state index in [-0.39, 0.29) is 11.7 Å². The van der Waals surface area contributed by atoms with Gasteiger partial charge >= 0.3 is 6.18 Å². The standard InChI is InChI=1S/C11H16F3N3O/c1-6(11(12,13)14)18-8-5-7(15)16-9(17-8)10(2,3)4/h5-6H,1-4H3,(H2,15,16,17). The molecule has 0 aliphatic heterocycles. The van der Waals surface area contributed by atoms with Crippen LogP contribution in [0, 0.1) is 0 Å². The third-order valence-corrected chi connectivity index (χ3v) is 2.15. The van der Waals surface area contributed by atoms with Crippen LogP contribution in [0.4, 0.5) is 19.0 Å². The van der Waals surface area contributed by atoms with Gasteiger partial charge in [0.1, 0.15) is 11.6 Å². The van der Waals surface area contributed by atoms with Gasteiger partial charge in [-0.1, -0.05) is 20.8 Å². The summed E-state index contributed by atoms with van der Waals surface area (Å²) in [6.45, 7) is 6.41. The van der Waals surface area contributed by atoms with Crippen LogP contribution >= 0.6 is 0 Å². The number of nitrogens with two attached hydrogens (primary N) is 1. The quantitative estimate of drug-likeness (QED) is 0.891. The third kappa shape index (κ3) is 3.75. The minimum Gasteiger partial charge on any atom is -0.465 e. The summed E-state index contributed by atoms with van der Waals surface area (Å²) in [6.07, 6.45) is -6.39. The maximum Gasteiger partial charge on any atom is 0.425 e. The minimum atomic E-state index is -4.44. The maximum atomic E-state index is 12.4. The van der Waals surface area contributed by atoms with Gasteiger partial charge in [-0.2, -0.15) is 18.2 Å². The van der Waals surface area contributed by atoms with Crippen molar-refractivity contribution in [2.75, 3.05) is 5.73 Å². The van der Waals surface area contributed by atoms with Crippen molar-refractivity contribution in [1.82, 2.24) is 9.97 Å². The van der Waals surface area contributed by atoms with E-state index >= 15 is 0 Å². The van der Waals surface area contributed by atoms with E-state index in [9.17, 15) is 13.2 Å². The van der Waals surface area contributed by atoms with Crippen LogP contribution in [0.3, 0.4) is 0 Å². The molecule has 0 bridgehead atoms. The van der Waals surface area contributed by atoms with Crippen molar-refractivity contribution < 1.29 is 17.9 Å². The lowest BCUT2D eigenvalue weighted by molar-refractivity contribution is -0.190. The van der Waals surface area contributed by atoms with Gasteiger partial charge in [0.2, 0.25) is 5.88 Å². The van der Waals surface area contributed by atoms with Crippen LogP contribution in [0.5, 0.6) is 5.88 Å². The SMILES string of the molecule is CC(Oc1cc(N)nc(C(C)(C)C)n1)C(F)(F)F. The molecule has 2 N–H and O–H groups in total. The molecule has 1 heterocycles. The summed E-state index contributed by atoms with van der Waals surface area (Å²) in [5.74, 6) is 0.253. The lowest BCUT2D eigenvalue weighted by Gasteiger charge is -2.20. The van der Waals surface area contributed by atoms with Gasteiger partial charge in [0.25, 0.3) is 0 Å². The molecule has 0 aliphatic rings. The molecule has 4 nitrogen and oxygen atoms in total. The van der Waals surface area contributed by atoms with E-state index in [0.29, 0.717) is 5.82 Å². The number of nitrogens with zero attached hydrogens (tertiary/aromatic N) is 2. The van der Waals surface area contributed by atoms with Crippen LogP contribution in [0.15, 0.2) is 6.07 Å². The molecule has 0 fully saturated rings. The van der Waals surface area contributed by atoms with E-state index in [2.05, 4.69) is 9.97 Å². The molecular weight excluding hydrogens is 247 g/mol. The van der Waals surface area contributed by atoms with Crippen molar-refractivity contribution >= 4 is 5.82 Å². The summed E-state index contributed by atoms with van der Waals surface area (Å²) in [5.41, 5.74) is 5.11. The molecule has 0 amide bonds. The molecule has 0 aromatic carbocycles. The number of ether oxygens (including phenoxy) is 1. The van der Waals surface area contributed by atoms with E-state index in [1.54, 1.807) is 0 Å². The van der Waals surface area contributed by atoms with Gasteiger partial charge in [-0.25, -0.2) is 4.98 Å².